The third-order valence-corrected chi connectivity index (χ3v) is 4.74. The molecule has 3 aromatic rings. The summed E-state index contributed by atoms with van der Waals surface area (Å²) in [7, 11) is 0. The molecule has 27 heavy (non-hydrogen) atoms. The van der Waals surface area contributed by atoms with Crippen LogP contribution in [-0.2, 0) is 19.3 Å². The fourth-order valence-corrected chi connectivity index (χ4v) is 3.37. The number of phenols is 3. The van der Waals surface area contributed by atoms with Gasteiger partial charge in [-0.1, -0.05) is 62.4 Å². The van der Waals surface area contributed by atoms with Crippen molar-refractivity contribution >= 4 is 0 Å². The first kappa shape index (κ1) is 18.8. The zero-order valence-electron chi connectivity index (χ0n) is 15.8. The maximum absolute atomic E-state index is 10.7. The van der Waals surface area contributed by atoms with Crippen LogP contribution in [0.5, 0.6) is 17.2 Å². The Kier molecular flexibility index (Phi) is 5.70. The van der Waals surface area contributed by atoms with Gasteiger partial charge >= 0.3 is 0 Å². The van der Waals surface area contributed by atoms with Crippen molar-refractivity contribution in [3.63, 3.8) is 0 Å². The number of aromatic hydroxyl groups is 3. The molecule has 0 aromatic heterocycles. The molecule has 3 nitrogen and oxygen atoms in total. The van der Waals surface area contributed by atoms with Gasteiger partial charge in [-0.2, -0.15) is 0 Å². The van der Waals surface area contributed by atoms with E-state index in [-0.39, 0.29) is 11.5 Å². The molecular formula is C24H26O3. The summed E-state index contributed by atoms with van der Waals surface area (Å²) in [5.41, 5.74) is 4.40. The standard InChI is InChI=1S/C24H26O3/c1-16(2)12-21-14-17(10-11-23(21)26)13-19-7-5-8-20(24(19)27)15-18-6-3-4-9-22(18)25/h3-11,14,16,25-27H,12-13,15H2,1-2H3. The molecule has 0 atom stereocenters. The van der Waals surface area contributed by atoms with Crippen LogP contribution in [-0.4, -0.2) is 15.3 Å². The van der Waals surface area contributed by atoms with E-state index in [1.165, 1.54) is 0 Å². The van der Waals surface area contributed by atoms with Crippen molar-refractivity contribution in [2.24, 2.45) is 5.92 Å². The normalized spacial score (nSPS) is 11.1. The number of benzene rings is 3. The molecule has 3 N–H and O–H groups in total. The van der Waals surface area contributed by atoms with Crippen LogP contribution in [0.1, 0.15) is 41.7 Å². The Bertz CT molecular complexity index is 929. The van der Waals surface area contributed by atoms with Gasteiger partial charge in [0.25, 0.3) is 0 Å². The van der Waals surface area contributed by atoms with Crippen molar-refractivity contribution in [1.29, 1.82) is 0 Å². The maximum atomic E-state index is 10.7. The summed E-state index contributed by atoms with van der Waals surface area (Å²) >= 11 is 0. The summed E-state index contributed by atoms with van der Waals surface area (Å²) in [6.07, 6.45) is 1.88. The van der Waals surface area contributed by atoms with E-state index < -0.39 is 0 Å². The molecule has 3 heteroatoms. The van der Waals surface area contributed by atoms with Gasteiger partial charge in [0, 0.05) is 12.8 Å². The zero-order valence-corrected chi connectivity index (χ0v) is 15.8. The van der Waals surface area contributed by atoms with Gasteiger partial charge in [0.2, 0.25) is 0 Å². The molecule has 0 unspecified atom stereocenters. The van der Waals surface area contributed by atoms with Crippen molar-refractivity contribution in [3.8, 4) is 17.2 Å². The SMILES string of the molecule is CC(C)Cc1cc(Cc2cccc(Cc3ccccc3O)c2O)ccc1O. The summed E-state index contributed by atoms with van der Waals surface area (Å²) in [6.45, 7) is 4.25. The highest BCUT2D eigenvalue weighted by Gasteiger charge is 2.12. The van der Waals surface area contributed by atoms with Crippen LogP contribution in [0.25, 0.3) is 0 Å². The highest BCUT2D eigenvalue weighted by atomic mass is 16.3. The first-order chi connectivity index (χ1) is 12.9. The molecule has 0 radical (unpaired) electrons. The molecule has 3 aromatic carbocycles. The number of rotatable bonds is 6. The van der Waals surface area contributed by atoms with Crippen molar-refractivity contribution in [1.82, 2.24) is 0 Å². The minimum Gasteiger partial charge on any atom is -0.508 e. The third kappa shape index (κ3) is 4.62. The quantitative estimate of drug-likeness (QED) is 0.566. The topological polar surface area (TPSA) is 60.7 Å². The predicted octanol–water partition coefficient (Wildman–Crippen LogP) is 5.18. The van der Waals surface area contributed by atoms with Crippen LogP contribution >= 0.6 is 0 Å². The van der Waals surface area contributed by atoms with Crippen molar-refractivity contribution in [3.05, 3.63) is 88.5 Å². The molecule has 0 bridgehead atoms. The molecule has 0 fully saturated rings. The Hall–Kier alpha value is -2.94. The summed E-state index contributed by atoms with van der Waals surface area (Å²) < 4.78 is 0. The maximum Gasteiger partial charge on any atom is 0.122 e. The minimum absolute atomic E-state index is 0.235. The van der Waals surface area contributed by atoms with E-state index in [1.807, 2.05) is 42.5 Å². The Balaban J connectivity index is 1.85. The van der Waals surface area contributed by atoms with Crippen LogP contribution in [0.15, 0.2) is 60.7 Å². The van der Waals surface area contributed by atoms with Crippen molar-refractivity contribution in [2.45, 2.75) is 33.1 Å². The first-order valence-electron chi connectivity index (χ1n) is 9.31. The lowest BCUT2D eigenvalue weighted by atomic mass is 9.95. The second kappa shape index (κ2) is 8.17. The van der Waals surface area contributed by atoms with Crippen LogP contribution in [0.2, 0.25) is 0 Å². The fraction of sp³-hybridized carbons (Fsp3) is 0.250. The van der Waals surface area contributed by atoms with E-state index in [2.05, 4.69) is 13.8 Å². The van der Waals surface area contributed by atoms with E-state index in [9.17, 15) is 15.3 Å². The molecule has 0 saturated heterocycles. The van der Waals surface area contributed by atoms with Gasteiger partial charge in [-0.05, 0) is 52.3 Å². The minimum atomic E-state index is 0.235. The van der Waals surface area contributed by atoms with Gasteiger partial charge in [0.15, 0.2) is 0 Å². The molecule has 3 rings (SSSR count). The highest BCUT2D eigenvalue weighted by molar-refractivity contribution is 5.48. The van der Waals surface area contributed by atoms with Crippen LogP contribution < -0.4 is 0 Å². The van der Waals surface area contributed by atoms with Crippen LogP contribution in [0, 0.1) is 5.92 Å². The zero-order chi connectivity index (χ0) is 19.4. The molecule has 0 spiro atoms. The van der Waals surface area contributed by atoms with Gasteiger partial charge in [0.05, 0.1) is 0 Å². The Labute approximate surface area is 160 Å². The summed E-state index contributed by atoms with van der Waals surface area (Å²) in [5.74, 6) is 1.28. The highest BCUT2D eigenvalue weighted by Crippen LogP contribution is 2.30. The molecule has 140 valence electrons. The average molecular weight is 362 g/mol. The van der Waals surface area contributed by atoms with E-state index >= 15 is 0 Å². The Morgan fingerprint density at radius 2 is 1.30 bits per heavy atom. The number of hydrogen-bond acceptors (Lipinski definition) is 3. The average Bonchev–Trinajstić information content (AvgIpc) is 2.62. The monoisotopic (exact) mass is 362 g/mol. The number of para-hydroxylation sites is 2. The summed E-state index contributed by atoms with van der Waals surface area (Å²) in [4.78, 5) is 0. The second-order valence-corrected chi connectivity index (χ2v) is 7.47. The molecule has 0 amide bonds. The van der Waals surface area contributed by atoms with Gasteiger partial charge in [-0.3, -0.25) is 0 Å². The molecule has 0 aliphatic carbocycles. The number of hydrogen-bond donors (Lipinski definition) is 3. The van der Waals surface area contributed by atoms with E-state index in [1.54, 1.807) is 18.2 Å². The Morgan fingerprint density at radius 1 is 0.667 bits per heavy atom. The number of phenolic OH excluding ortho intramolecular Hbond substituents is 3. The summed E-state index contributed by atoms with van der Waals surface area (Å²) in [5, 5.41) is 30.8. The first-order valence-corrected chi connectivity index (χ1v) is 9.31. The lowest BCUT2D eigenvalue weighted by Gasteiger charge is -2.13. The summed E-state index contributed by atoms with van der Waals surface area (Å²) in [6, 6.07) is 18.6. The van der Waals surface area contributed by atoms with Crippen LogP contribution in [0.3, 0.4) is 0 Å². The largest absolute Gasteiger partial charge is 0.508 e. The lowest BCUT2D eigenvalue weighted by Crippen LogP contribution is -1.98. The van der Waals surface area contributed by atoms with E-state index in [0.29, 0.717) is 24.5 Å². The Morgan fingerprint density at radius 3 is 2.00 bits per heavy atom. The fourth-order valence-electron chi connectivity index (χ4n) is 3.37. The van der Waals surface area contributed by atoms with Gasteiger partial charge < -0.3 is 15.3 Å². The molecule has 0 aliphatic heterocycles. The van der Waals surface area contributed by atoms with Crippen LogP contribution in [0.4, 0.5) is 0 Å². The van der Waals surface area contributed by atoms with Gasteiger partial charge in [-0.25, -0.2) is 0 Å². The molecule has 0 aliphatic rings. The van der Waals surface area contributed by atoms with Gasteiger partial charge in [0.1, 0.15) is 17.2 Å². The molecule has 0 saturated carbocycles. The lowest BCUT2D eigenvalue weighted by molar-refractivity contribution is 0.459. The molecule has 0 heterocycles. The van der Waals surface area contributed by atoms with E-state index in [0.717, 1.165) is 34.2 Å². The smallest absolute Gasteiger partial charge is 0.122 e. The predicted molar refractivity (Wildman–Crippen MR) is 108 cm³/mol. The van der Waals surface area contributed by atoms with E-state index in [4.69, 9.17) is 0 Å². The van der Waals surface area contributed by atoms with Crippen molar-refractivity contribution in [2.75, 3.05) is 0 Å². The van der Waals surface area contributed by atoms with Gasteiger partial charge in [-0.15, -0.1) is 0 Å². The third-order valence-electron chi connectivity index (χ3n) is 4.74. The van der Waals surface area contributed by atoms with Crippen molar-refractivity contribution < 1.29 is 15.3 Å². The molecular weight excluding hydrogens is 336 g/mol. The second-order valence-electron chi connectivity index (χ2n) is 7.47.